The molecule has 3 nitrogen and oxygen atoms in total. The van der Waals surface area contributed by atoms with Crippen molar-refractivity contribution in [2.45, 2.75) is 13.2 Å². The first-order chi connectivity index (χ1) is 9.74. The Kier molecular flexibility index (Phi) is 4.96. The number of rotatable bonds is 6. The third-order valence-corrected chi connectivity index (χ3v) is 3.05. The summed E-state index contributed by atoms with van der Waals surface area (Å²) < 4.78 is 23.5. The fourth-order valence-corrected chi connectivity index (χ4v) is 1.99. The van der Waals surface area contributed by atoms with Crippen LogP contribution in [0.4, 0.5) is 10.1 Å². The van der Waals surface area contributed by atoms with Crippen LogP contribution in [0.2, 0.25) is 0 Å². The highest BCUT2D eigenvalue weighted by Crippen LogP contribution is 2.22. The largest absolute Gasteiger partial charge is 0.494 e. The van der Waals surface area contributed by atoms with Crippen LogP contribution < -0.4 is 10.1 Å². The van der Waals surface area contributed by atoms with E-state index in [9.17, 15) is 4.39 Å². The summed E-state index contributed by atoms with van der Waals surface area (Å²) in [7, 11) is 3.13. The first kappa shape index (κ1) is 14.3. The van der Waals surface area contributed by atoms with Crippen molar-refractivity contribution < 1.29 is 13.9 Å². The fraction of sp³-hybridized carbons (Fsp3) is 0.250. The summed E-state index contributed by atoms with van der Waals surface area (Å²) in [5.41, 5.74) is 3.10. The predicted octanol–water partition coefficient (Wildman–Crippen LogP) is 3.59. The van der Waals surface area contributed by atoms with Gasteiger partial charge in [-0.05, 0) is 23.3 Å². The summed E-state index contributed by atoms with van der Waals surface area (Å²) in [6.45, 7) is 1.22. The second-order valence-corrected chi connectivity index (χ2v) is 4.40. The number of halogens is 1. The Morgan fingerprint density at radius 3 is 2.50 bits per heavy atom. The van der Waals surface area contributed by atoms with Crippen molar-refractivity contribution in [2.24, 2.45) is 0 Å². The number of hydrogen-bond donors (Lipinski definition) is 1. The van der Waals surface area contributed by atoms with Crippen LogP contribution in [0.25, 0.3) is 0 Å². The molecule has 1 N–H and O–H groups in total. The normalized spacial score (nSPS) is 10.3. The van der Waals surface area contributed by atoms with E-state index in [-0.39, 0.29) is 11.6 Å². The van der Waals surface area contributed by atoms with E-state index in [1.165, 1.54) is 13.2 Å². The molecule has 0 saturated heterocycles. The number of hydrogen-bond acceptors (Lipinski definition) is 3. The molecule has 2 aromatic carbocycles. The van der Waals surface area contributed by atoms with Crippen LogP contribution in [0, 0.1) is 5.82 Å². The molecular weight excluding hydrogens is 257 g/mol. The van der Waals surface area contributed by atoms with Crippen molar-refractivity contribution in [1.29, 1.82) is 0 Å². The van der Waals surface area contributed by atoms with Gasteiger partial charge in [0.15, 0.2) is 11.6 Å². The van der Waals surface area contributed by atoms with Crippen LogP contribution >= 0.6 is 0 Å². The molecular formula is C16H18FNO2. The van der Waals surface area contributed by atoms with Crippen LogP contribution in [0.3, 0.4) is 0 Å². The Hall–Kier alpha value is -2.07. The van der Waals surface area contributed by atoms with Gasteiger partial charge in [0, 0.05) is 25.4 Å². The van der Waals surface area contributed by atoms with Gasteiger partial charge in [0.25, 0.3) is 0 Å². The number of anilines is 1. The molecule has 20 heavy (non-hydrogen) atoms. The van der Waals surface area contributed by atoms with Crippen LogP contribution in [0.5, 0.6) is 5.75 Å². The maximum atomic E-state index is 13.3. The zero-order valence-electron chi connectivity index (χ0n) is 11.7. The molecule has 0 atom stereocenters. The molecule has 0 aliphatic rings. The minimum absolute atomic E-state index is 0.236. The highest BCUT2D eigenvalue weighted by Gasteiger charge is 2.05. The number of nitrogens with one attached hydrogen (secondary N) is 1. The molecule has 2 aromatic rings. The van der Waals surface area contributed by atoms with Crippen LogP contribution in [0.1, 0.15) is 11.1 Å². The lowest BCUT2D eigenvalue weighted by molar-refractivity contribution is 0.184. The Bertz CT molecular complexity index is 572. The van der Waals surface area contributed by atoms with Gasteiger partial charge in [-0.1, -0.05) is 24.3 Å². The molecule has 0 saturated carbocycles. The molecule has 0 aromatic heterocycles. The zero-order valence-corrected chi connectivity index (χ0v) is 11.7. The van der Waals surface area contributed by atoms with Gasteiger partial charge < -0.3 is 14.8 Å². The van der Waals surface area contributed by atoms with Gasteiger partial charge in [0.1, 0.15) is 0 Å². The molecule has 106 valence electrons. The Morgan fingerprint density at radius 2 is 1.80 bits per heavy atom. The van der Waals surface area contributed by atoms with E-state index in [1.807, 2.05) is 24.3 Å². The highest BCUT2D eigenvalue weighted by molar-refractivity contribution is 5.49. The maximum Gasteiger partial charge on any atom is 0.165 e. The Labute approximate surface area is 118 Å². The van der Waals surface area contributed by atoms with Crippen molar-refractivity contribution in [3.8, 4) is 5.75 Å². The van der Waals surface area contributed by atoms with E-state index in [0.29, 0.717) is 13.2 Å². The van der Waals surface area contributed by atoms with Crippen molar-refractivity contribution in [2.75, 3.05) is 19.5 Å². The van der Waals surface area contributed by atoms with Crippen molar-refractivity contribution >= 4 is 5.69 Å². The monoisotopic (exact) mass is 275 g/mol. The fourth-order valence-electron chi connectivity index (χ4n) is 1.99. The first-order valence-corrected chi connectivity index (χ1v) is 6.37. The average Bonchev–Trinajstić information content (AvgIpc) is 2.48. The summed E-state index contributed by atoms with van der Waals surface area (Å²) in [6.07, 6.45) is 0. The van der Waals surface area contributed by atoms with Crippen molar-refractivity contribution in [1.82, 2.24) is 0 Å². The Balaban J connectivity index is 2.09. The topological polar surface area (TPSA) is 30.5 Å². The van der Waals surface area contributed by atoms with Gasteiger partial charge in [-0.25, -0.2) is 4.39 Å². The lowest BCUT2D eigenvalue weighted by Crippen LogP contribution is -2.04. The summed E-state index contributed by atoms with van der Waals surface area (Å²) in [6, 6.07) is 12.8. The number of benzene rings is 2. The number of ether oxygens (including phenoxy) is 2. The Morgan fingerprint density at radius 1 is 1.05 bits per heavy atom. The second-order valence-electron chi connectivity index (χ2n) is 4.40. The molecule has 0 fully saturated rings. The van der Waals surface area contributed by atoms with Gasteiger partial charge in [0.2, 0.25) is 0 Å². The summed E-state index contributed by atoms with van der Waals surface area (Å²) >= 11 is 0. The third kappa shape index (κ3) is 3.48. The van der Waals surface area contributed by atoms with Gasteiger partial charge in [0.05, 0.1) is 13.7 Å². The summed E-state index contributed by atoms with van der Waals surface area (Å²) in [4.78, 5) is 0. The lowest BCUT2D eigenvalue weighted by atomic mass is 10.1. The summed E-state index contributed by atoms with van der Waals surface area (Å²) in [5, 5.41) is 3.26. The SMILES string of the molecule is COCc1ccccc1CNc1ccc(F)c(OC)c1. The molecule has 4 heteroatoms. The highest BCUT2D eigenvalue weighted by atomic mass is 19.1. The second kappa shape index (κ2) is 6.91. The molecule has 0 radical (unpaired) electrons. The molecule has 0 aliphatic heterocycles. The lowest BCUT2D eigenvalue weighted by Gasteiger charge is -2.12. The van der Waals surface area contributed by atoms with E-state index in [0.717, 1.165) is 16.8 Å². The van der Waals surface area contributed by atoms with Crippen LogP contribution in [-0.2, 0) is 17.9 Å². The molecule has 0 unspecified atom stereocenters. The van der Waals surface area contributed by atoms with Gasteiger partial charge in [-0.15, -0.1) is 0 Å². The van der Waals surface area contributed by atoms with E-state index in [1.54, 1.807) is 19.2 Å². The van der Waals surface area contributed by atoms with E-state index >= 15 is 0 Å². The molecule has 0 spiro atoms. The van der Waals surface area contributed by atoms with E-state index < -0.39 is 0 Å². The van der Waals surface area contributed by atoms with Crippen molar-refractivity contribution in [3.05, 3.63) is 59.4 Å². The molecule has 0 bridgehead atoms. The standard InChI is InChI=1S/C16H18FNO2/c1-19-11-13-6-4-3-5-12(13)10-18-14-7-8-15(17)16(9-14)20-2/h3-9,18H,10-11H2,1-2H3. The minimum Gasteiger partial charge on any atom is -0.494 e. The summed E-state index contributed by atoms with van der Waals surface area (Å²) in [5.74, 6) is -0.127. The smallest absolute Gasteiger partial charge is 0.165 e. The minimum atomic E-state index is -0.363. The number of methoxy groups -OCH3 is 2. The third-order valence-electron chi connectivity index (χ3n) is 3.05. The molecule has 2 rings (SSSR count). The average molecular weight is 275 g/mol. The van der Waals surface area contributed by atoms with Crippen LogP contribution in [0.15, 0.2) is 42.5 Å². The first-order valence-electron chi connectivity index (χ1n) is 6.37. The van der Waals surface area contributed by atoms with Crippen molar-refractivity contribution in [3.63, 3.8) is 0 Å². The zero-order chi connectivity index (χ0) is 14.4. The molecule has 0 amide bonds. The van der Waals surface area contributed by atoms with Gasteiger partial charge in [-0.2, -0.15) is 0 Å². The predicted molar refractivity (Wildman–Crippen MR) is 77.4 cm³/mol. The quantitative estimate of drug-likeness (QED) is 0.874. The van der Waals surface area contributed by atoms with Gasteiger partial charge in [-0.3, -0.25) is 0 Å². The molecule has 0 aliphatic carbocycles. The molecule has 0 heterocycles. The maximum absolute atomic E-state index is 13.3. The van der Waals surface area contributed by atoms with E-state index in [4.69, 9.17) is 9.47 Å². The van der Waals surface area contributed by atoms with E-state index in [2.05, 4.69) is 5.32 Å². The van der Waals surface area contributed by atoms with Crippen LogP contribution in [-0.4, -0.2) is 14.2 Å². The van der Waals surface area contributed by atoms with Gasteiger partial charge >= 0.3 is 0 Å².